The molecule has 0 fully saturated rings. The maximum atomic E-state index is 12.7. The Morgan fingerprint density at radius 3 is 2.62 bits per heavy atom. The second kappa shape index (κ2) is 7.97. The topological polar surface area (TPSA) is 73.2 Å². The fourth-order valence-corrected chi connectivity index (χ4v) is 2.98. The maximum absolute atomic E-state index is 12.7. The third-order valence-corrected chi connectivity index (χ3v) is 4.61. The van der Waals surface area contributed by atoms with E-state index in [1.165, 1.54) is 17.8 Å². The van der Waals surface area contributed by atoms with E-state index in [1.807, 2.05) is 36.6 Å². The first-order valence-electron chi connectivity index (χ1n) is 8.13. The average Bonchev–Trinajstić information content (AvgIpc) is 3.31. The summed E-state index contributed by atoms with van der Waals surface area (Å²) in [6.45, 7) is 3.80. The van der Waals surface area contributed by atoms with Crippen molar-refractivity contribution in [1.29, 1.82) is 0 Å². The lowest BCUT2D eigenvalue weighted by atomic mass is 10.2. The monoisotopic (exact) mass is 369 g/mol. The number of carbonyl (C=O) groups excluding carboxylic acids is 2. The van der Waals surface area contributed by atoms with Gasteiger partial charge < -0.3 is 10.1 Å². The van der Waals surface area contributed by atoms with E-state index < -0.39 is 6.10 Å². The Balaban J connectivity index is 1.80. The molecule has 0 aliphatic carbocycles. The van der Waals surface area contributed by atoms with Gasteiger partial charge in [0.25, 0.3) is 5.91 Å². The normalized spacial score (nSPS) is 11.8. The van der Waals surface area contributed by atoms with E-state index in [1.54, 1.807) is 29.5 Å². The molecule has 134 valence electrons. The third-order valence-electron chi connectivity index (χ3n) is 3.73. The van der Waals surface area contributed by atoms with Crippen molar-refractivity contribution in [2.75, 3.05) is 0 Å². The van der Waals surface area contributed by atoms with Crippen LogP contribution in [-0.4, -0.2) is 21.6 Å². The van der Waals surface area contributed by atoms with Crippen LogP contribution in [0.2, 0.25) is 0 Å². The zero-order chi connectivity index (χ0) is 18.5. The zero-order valence-electron chi connectivity index (χ0n) is 14.5. The molecule has 1 amide bonds. The van der Waals surface area contributed by atoms with E-state index in [0.29, 0.717) is 18.0 Å². The predicted molar refractivity (Wildman–Crippen MR) is 99.2 cm³/mol. The minimum Gasteiger partial charge on any atom is -0.474 e. The first-order valence-corrected chi connectivity index (χ1v) is 9.01. The van der Waals surface area contributed by atoms with E-state index >= 15 is 0 Å². The summed E-state index contributed by atoms with van der Waals surface area (Å²) in [5.74, 6) is 0.0151. The molecule has 0 saturated heterocycles. The molecule has 6 nitrogen and oxygen atoms in total. The average molecular weight is 369 g/mol. The van der Waals surface area contributed by atoms with Crippen molar-refractivity contribution < 1.29 is 14.3 Å². The lowest BCUT2D eigenvalue weighted by molar-refractivity contribution is -0.128. The number of carbonyl (C=O) groups is 2. The van der Waals surface area contributed by atoms with E-state index in [0.717, 1.165) is 10.4 Å². The van der Waals surface area contributed by atoms with Gasteiger partial charge in [-0.25, -0.2) is 4.68 Å². The number of thiophene rings is 1. The van der Waals surface area contributed by atoms with E-state index in [4.69, 9.17) is 4.74 Å². The van der Waals surface area contributed by atoms with Gasteiger partial charge in [-0.3, -0.25) is 9.59 Å². The van der Waals surface area contributed by atoms with Crippen LogP contribution in [-0.2, 0) is 11.3 Å². The van der Waals surface area contributed by atoms with Crippen LogP contribution in [0.15, 0.2) is 54.0 Å². The third kappa shape index (κ3) is 4.37. The minimum absolute atomic E-state index is 0.232. The molecule has 3 rings (SSSR count). The number of hydrogen-bond acceptors (Lipinski definition) is 5. The molecule has 3 aromatic rings. The number of nitrogens with zero attached hydrogens (tertiary/aromatic N) is 2. The molecule has 7 heteroatoms. The van der Waals surface area contributed by atoms with Gasteiger partial charge in [0.1, 0.15) is 11.4 Å². The highest BCUT2D eigenvalue weighted by Crippen LogP contribution is 2.22. The first kappa shape index (κ1) is 17.9. The summed E-state index contributed by atoms with van der Waals surface area (Å²) in [7, 11) is 0. The van der Waals surface area contributed by atoms with E-state index in [-0.39, 0.29) is 11.8 Å². The number of aromatic nitrogens is 2. The lowest BCUT2D eigenvalue weighted by Gasteiger charge is -2.17. The van der Waals surface area contributed by atoms with Crippen LogP contribution in [0.4, 0.5) is 0 Å². The first-order chi connectivity index (χ1) is 12.5. The van der Waals surface area contributed by atoms with Crippen LogP contribution < -0.4 is 10.1 Å². The minimum atomic E-state index is -0.946. The second-order valence-electron chi connectivity index (χ2n) is 5.81. The molecule has 1 unspecified atom stereocenters. The highest BCUT2D eigenvalue weighted by Gasteiger charge is 2.25. The summed E-state index contributed by atoms with van der Waals surface area (Å²) < 4.78 is 7.07. The Bertz CT molecular complexity index is 885. The maximum Gasteiger partial charge on any atom is 0.267 e. The smallest absolute Gasteiger partial charge is 0.267 e. The number of ether oxygens (including phenoxy) is 1. The molecule has 2 aromatic heterocycles. The van der Waals surface area contributed by atoms with Gasteiger partial charge in [0.15, 0.2) is 0 Å². The number of hydrogen-bond donors (Lipinski definition) is 1. The molecular formula is C19H19N3O3S. The molecule has 0 aliphatic heterocycles. The summed E-state index contributed by atoms with van der Waals surface area (Å²) in [6.07, 6.45) is 0.577. The molecule has 0 bridgehead atoms. The Kier molecular flexibility index (Phi) is 5.48. The highest BCUT2D eigenvalue weighted by molar-refractivity contribution is 7.09. The summed E-state index contributed by atoms with van der Waals surface area (Å²) in [6, 6.07) is 12.9. The standard InChI is InChI=1S/C19H19N3O3S/c1-13-5-7-15(8-6-13)25-18(17-9-10-22(21-17)14(2)23)19(24)20-12-16-4-3-11-26-16/h3-11,18H,12H2,1-2H3,(H,20,24). The number of rotatable bonds is 6. The molecule has 0 saturated carbocycles. The van der Waals surface area contributed by atoms with Crippen molar-refractivity contribution in [1.82, 2.24) is 15.1 Å². The summed E-state index contributed by atoms with van der Waals surface area (Å²) in [5, 5.41) is 8.99. The van der Waals surface area contributed by atoms with Crippen LogP contribution in [0, 0.1) is 6.92 Å². The fourth-order valence-electron chi connectivity index (χ4n) is 2.33. The molecular weight excluding hydrogens is 350 g/mol. The molecule has 1 N–H and O–H groups in total. The van der Waals surface area contributed by atoms with Crippen molar-refractivity contribution in [3.63, 3.8) is 0 Å². The Labute approximate surface area is 155 Å². The summed E-state index contributed by atoms with van der Waals surface area (Å²) in [5.41, 5.74) is 1.47. The Morgan fingerprint density at radius 2 is 2.00 bits per heavy atom. The van der Waals surface area contributed by atoms with Crippen molar-refractivity contribution in [2.24, 2.45) is 0 Å². The quantitative estimate of drug-likeness (QED) is 0.723. The van der Waals surface area contributed by atoms with Gasteiger partial charge in [0.2, 0.25) is 12.0 Å². The highest BCUT2D eigenvalue weighted by atomic mass is 32.1. The van der Waals surface area contributed by atoms with Gasteiger partial charge in [-0.15, -0.1) is 11.3 Å². The van der Waals surface area contributed by atoms with Gasteiger partial charge in [0.05, 0.1) is 6.54 Å². The largest absolute Gasteiger partial charge is 0.474 e. The lowest BCUT2D eigenvalue weighted by Crippen LogP contribution is -2.32. The molecule has 0 spiro atoms. The van der Waals surface area contributed by atoms with Gasteiger partial charge in [-0.05, 0) is 36.6 Å². The molecule has 2 heterocycles. The molecule has 0 aliphatic rings. The summed E-state index contributed by atoms with van der Waals surface area (Å²) in [4.78, 5) is 25.3. The number of aryl methyl sites for hydroxylation is 1. The SMILES string of the molecule is CC(=O)n1ccc(C(Oc2ccc(C)cc2)C(=O)NCc2cccs2)n1. The fraction of sp³-hybridized carbons (Fsp3) is 0.211. The van der Waals surface area contributed by atoms with Gasteiger partial charge in [-0.1, -0.05) is 23.8 Å². The molecule has 26 heavy (non-hydrogen) atoms. The second-order valence-corrected chi connectivity index (χ2v) is 6.84. The van der Waals surface area contributed by atoms with Gasteiger partial charge in [0, 0.05) is 18.0 Å². The van der Waals surface area contributed by atoms with Crippen LogP contribution in [0.3, 0.4) is 0 Å². The van der Waals surface area contributed by atoms with Crippen LogP contribution in [0.5, 0.6) is 5.75 Å². The molecule has 1 aromatic carbocycles. The van der Waals surface area contributed by atoms with Crippen molar-refractivity contribution >= 4 is 23.2 Å². The number of nitrogens with one attached hydrogen (secondary N) is 1. The number of amides is 1. The van der Waals surface area contributed by atoms with Crippen molar-refractivity contribution in [3.05, 3.63) is 70.2 Å². The van der Waals surface area contributed by atoms with Crippen molar-refractivity contribution in [2.45, 2.75) is 26.5 Å². The van der Waals surface area contributed by atoms with Gasteiger partial charge >= 0.3 is 0 Å². The van der Waals surface area contributed by atoms with E-state index in [9.17, 15) is 9.59 Å². The number of benzene rings is 1. The van der Waals surface area contributed by atoms with Crippen LogP contribution >= 0.6 is 11.3 Å². The molecule has 0 radical (unpaired) electrons. The Hall–Kier alpha value is -2.93. The van der Waals surface area contributed by atoms with Crippen molar-refractivity contribution in [3.8, 4) is 5.75 Å². The van der Waals surface area contributed by atoms with E-state index in [2.05, 4.69) is 10.4 Å². The predicted octanol–water partition coefficient (Wildman–Crippen LogP) is 3.35. The summed E-state index contributed by atoms with van der Waals surface area (Å²) >= 11 is 1.57. The van der Waals surface area contributed by atoms with Crippen LogP contribution in [0.25, 0.3) is 0 Å². The molecule has 1 atom stereocenters. The van der Waals surface area contributed by atoms with Crippen LogP contribution in [0.1, 0.15) is 34.0 Å². The zero-order valence-corrected chi connectivity index (χ0v) is 15.3. The van der Waals surface area contributed by atoms with Gasteiger partial charge in [-0.2, -0.15) is 5.10 Å². The Morgan fingerprint density at radius 1 is 1.23 bits per heavy atom.